The van der Waals surface area contributed by atoms with E-state index >= 15 is 4.39 Å². The van der Waals surface area contributed by atoms with Crippen LogP contribution in [0.2, 0.25) is 5.02 Å². The highest BCUT2D eigenvalue weighted by atomic mass is 35.5. The molecular formula is C22H25ClFN3O3S2. The maximum atomic E-state index is 15.0. The predicted molar refractivity (Wildman–Crippen MR) is 122 cm³/mol. The van der Waals surface area contributed by atoms with Crippen molar-refractivity contribution in [3.8, 4) is 5.75 Å². The lowest BCUT2D eigenvalue weighted by Gasteiger charge is -2.33. The Bertz CT molecular complexity index is 1200. The second-order valence-corrected chi connectivity index (χ2v) is 12.5. The molecule has 0 radical (unpaired) electrons. The first-order valence-electron chi connectivity index (χ1n) is 10.4. The summed E-state index contributed by atoms with van der Waals surface area (Å²) in [4.78, 5) is 8.44. The first-order valence-corrected chi connectivity index (χ1v) is 13.1. The van der Waals surface area contributed by atoms with Gasteiger partial charge in [0.2, 0.25) is 14.2 Å². The highest BCUT2D eigenvalue weighted by Crippen LogP contribution is 2.38. The summed E-state index contributed by atoms with van der Waals surface area (Å²) in [5.41, 5.74) is -0.259. The molecule has 0 spiro atoms. The standard InChI is InChI=1S/C22H25ClFN3O3S2/c1-22(2,3)20-12-26-21(31-20)32(28,29)19-10-14(23)18(11-15(19)24)30-17-7-5-4-6-16(17)27-9-8-25-13-27/h8-13,16-17H,4-7H2,1-3H3/t16-,17+/m1/s1. The lowest BCUT2D eigenvalue weighted by molar-refractivity contribution is 0.0974. The Morgan fingerprint density at radius 2 is 2.00 bits per heavy atom. The zero-order chi connectivity index (χ0) is 23.1. The summed E-state index contributed by atoms with van der Waals surface area (Å²) in [6.45, 7) is 5.88. The Morgan fingerprint density at radius 3 is 2.66 bits per heavy atom. The van der Waals surface area contributed by atoms with Crippen LogP contribution < -0.4 is 4.74 Å². The number of aromatic nitrogens is 3. The van der Waals surface area contributed by atoms with Crippen LogP contribution in [-0.4, -0.2) is 29.1 Å². The average molecular weight is 498 g/mol. The summed E-state index contributed by atoms with van der Waals surface area (Å²) in [5.74, 6) is -0.776. The first-order chi connectivity index (χ1) is 15.1. The van der Waals surface area contributed by atoms with Crippen LogP contribution in [0.25, 0.3) is 0 Å². The third-order valence-electron chi connectivity index (χ3n) is 5.58. The van der Waals surface area contributed by atoms with Gasteiger partial charge in [-0.3, -0.25) is 0 Å². The van der Waals surface area contributed by atoms with Crippen LogP contribution in [0.3, 0.4) is 0 Å². The number of sulfone groups is 1. The average Bonchev–Trinajstić information content (AvgIpc) is 3.43. The molecule has 0 N–H and O–H groups in total. The molecule has 0 unspecified atom stereocenters. The molecule has 0 saturated heterocycles. The molecule has 0 bridgehead atoms. The zero-order valence-electron chi connectivity index (χ0n) is 18.1. The van der Waals surface area contributed by atoms with Gasteiger partial charge >= 0.3 is 0 Å². The molecule has 2 aromatic heterocycles. The van der Waals surface area contributed by atoms with Gasteiger partial charge in [0.15, 0.2) is 0 Å². The fraction of sp³-hybridized carbons (Fsp3) is 0.455. The van der Waals surface area contributed by atoms with E-state index in [1.54, 1.807) is 12.5 Å². The molecule has 2 heterocycles. The van der Waals surface area contributed by atoms with Gasteiger partial charge in [-0.1, -0.05) is 38.8 Å². The van der Waals surface area contributed by atoms with Gasteiger partial charge in [-0.25, -0.2) is 22.8 Å². The van der Waals surface area contributed by atoms with Gasteiger partial charge in [-0.05, 0) is 30.7 Å². The number of benzene rings is 1. The maximum Gasteiger partial charge on any atom is 0.236 e. The SMILES string of the molecule is CC(C)(C)c1cnc(S(=O)(=O)c2cc(Cl)c(O[C@H]3CCCC[C@H]3n3ccnc3)cc2F)s1. The molecule has 1 fully saturated rings. The van der Waals surface area contributed by atoms with Crippen molar-refractivity contribution < 1.29 is 17.5 Å². The molecule has 0 amide bonds. The Kier molecular flexibility index (Phi) is 6.35. The van der Waals surface area contributed by atoms with Crippen molar-refractivity contribution in [3.05, 3.63) is 52.8 Å². The van der Waals surface area contributed by atoms with Crippen LogP contribution in [0, 0.1) is 5.82 Å². The van der Waals surface area contributed by atoms with Crippen LogP contribution in [0.4, 0.5) is 4.39 Å². The van der Waals surface area contributed by atoms with E-state index in [9.17, 15) is 8.42 Å². The summed E-state index contributed by atoms with van der Waals surface area (Å²) in [7, 11) is -4.15. The van der Waals surface area contributed by atoms with Crippen molar-refractivity contribution in [2.45, 2.75) is 73.3 Å². The zero-order valence-corrected chi connectivity index (χ0v) is 20.5. The summed E-state index contributed by atoms with van der Waals surface area (Å²) in [6, 6.07) is 2.24. The van der Waals surface area contributed by atoms with E-state index in [1.807, 2.05) is 31.5 Å². The van der Waals surface area contributed by atoms with E-state index < -0.39 is 20.5 Å². The van der Waals surface area contributed by atoms with Crippen molar-refractivity contribution in [2.75, 3.05) is 0 Å². The highest BCUT2D eigenvalue weighted by molar-refractivity contribution is 7.93. The van der Waals surface area contributed by atoms with Crippen molar-refractivity contribution >= 4 is 32.8 Å². The van der Waals surface area contributed by atoms with E-state index in [0.29, 0.717) is 0 Å². The monoisotopic (exact) mass is 497 g/mol. The van der Waals surface area contributed by atoms with Gasteiger partial charge in [-0.15, -0.1) is 11.3 Å². The lowest BCUT2D eigenvalue weighted by atomic mass is 9.92. The van der Waals surface area contributed by atoms with Gasteiger partial charge in [0.1, 0.15) is 22.6 Å². The fourth-order valence-electron chi connectivity index (χ4n) is 3.81. The van der Waals surface area contributed by atoms with Crippen LogP contribution >= 0.6 is 22.9 Å². The van der Waals surface area contributed by atoms with Gasteiger partial charge in [0.05, 0.1) is 17.4 Å². The minimum atomic E-state index is -4.15. The maximum absolute atomic E-state index is 15.0. The van der Waals surface area contributed by atoms with Crippen LogP contribution in [-0.2, 0) is 15.3 Å². The fourth-order valence-corrected chi connectivity index (χ4v) is 6.74. The number of nitrogens with zero attached hydrogens (tertiary/aromatic N) is 3. The minimum Gasteiger partial charge on any atom is -0.487 e. The third kappa shape index (κ3) is 4.56. The number of hydrogen-bond donors (Lipinski definition) is 0. The molecule has 10 heteroatoms. The van der Waals surface area contributed by atoms with E-state index in [1.165, 1.54) is 6.20 Å². The number of hydrogen-bond acceptors (Lipinski definition) is 6. The smallest absolute Gasteiger partial charge is 0.236 e. The van der Waals surface area contributed by atoms with Crippen LogP contribution in [0.1, 0.15) is 57.4 Å². The second kappa shape index (κ2) is 8.76. The Hall–Kier alpha value is -1.97. The Labute approximate surface area is 196 Å². The molecular weight excluding hydrogens is 473 g/mol. The lowest BCUT2D eigenvalue weighted by Crippen LogP contribution is -2.32. The first kappa shape index (κ1) is 23.2. The van der Waals surface area contributed by atoms with E-state index in [-0.39, 0.29) is 32.7 Å². The minimum absolute atomic E-state index is 0.0486. The van der Waals surface area contributed by atoms with Crippen molar-refractivity contribution in [2.24, 2.45) is 0 Å². The largest absolute Gasteiger partial charge is 0.487 e. The summed E-state index contributed by atoms with van der Waals surface area (Å²) in [5, 5.41) is 0.0486. The quantitative estimate of drug-likeness (QED) is 0.443. The summed E-state index contributed by atoms with van der Waals surface area (Å²) >= 11 is 7.41. The molecule has 2 atom stereocenters. The van der Waals surface area contributed by atoms with Gasteiger partial charge in [0.25, 0.3) is 0 Å². The molecule has 3 aromatic rings. The molecule has 1 saturated carbocycles. The van der Waals surface area contributed by atoms with Crippen molar-refractivity contribution in [1.29, 1.82) is 0 Å². The third-order valence-corrected chi connectivity index (χ3v) is 9.46. The summed E-state index contributed by atoms with van der Waals surface area (Å²) in [6.07, 6.45) is 10.4. The number of imidazole rings is 1. The second-order valence-electron chi connectivity index (χ2n) is 8.97. The Balaban J connectivity index is 1.63. The molecule has 4 rings (SSSR count). The Morgan fingerprint density at radius 1 is 1.25 bits per heavy atom. The van der Waals surface area contributed by atoms with Gasteiger partial charge in [-0.2, -0.15) is 0 Å². The molecule has 1 aliphatic carbocycles. The van der Waals surface area contributed by atoms with E-state index in [0.717, 1.165) is 54.0 Å². The van der Waals surface area contributed by atoms with Gasteiger partial charge in [0, 0.05) is 29.5 Å². The number of rotatable bonds is 5. The molecule has 1 aliphatic rings. The van der Waals surface area contributed by atoms with Gasteiger partial charge < -0.3 is 9.30 Å². The van der Waals surface area contributed by atoms with Crippen molar-refractivity contribution in [1.82, 2.24) is 14.5 Å². The van der Waals surface area contributed by atoms with Crippen LogP contribution in [0.15, 0.2) is 46.3 Å². The molecule has 6 nitrogen and oxygen atoms in total. The number of halogens is 2. The number of thiazole rings is 1. The topological polar surface area (TPSA) is 74.1 Å². The van der Waals surface area contributed by atoms with Crippen LogP contribution in [0.5, 0.6) is 5.75 Å². The molecule has 1 aromatic carbocycles. The number of ether oxygens (including phenoxy) is 1. The molecule has 172 valence electrons. The predicted octanol–water partition coefficient (Wildman–Crippen LogP) is 5.83. The molecule has 32 heavy (non-hydrogen) atoms. The normalized spacial score (nSPS) is 19.8. The molecule has 0 aliphatic heterocycles. The van der Waals surface area contributed by atoms with E-state index in [2.05, 4.69) is 9.97 Å². The summed E-state index contributed by atoms with van der Waals surface area (Å²) < 4.78 is 49.1. The highest BCUT2D eigenvalue weighted by Gasteiger charge is 2.31. The van der Waals surface area contributed by atoms with Crippen molar-refractivity contribution in [3.63, 3.8) is 0 Å². The van der Waals surface area contributed by atoms with E-state index in [4.69, 9.17) is 16.3 Å².